The van der Waals surface area contributed by atoms with Crippen LogP contribution in [-0.4, -0.2) is 24.9 Å². The number of para-hydroxylation sites is 2. The first-order valence-corrected chi connectivity index (χ1v) is 10.8. The molecule has 30 heavy (non-hydrogen) atoms. The van der Waals surface area contributed by atoms with E-state index in [0.29, 0.717) is 25.0 Å². The van der Waals surface area contributed by atoms with E-state index in [1.54, 1.807) is 0 Å². The minimum absolute atomic E-state index is 0.0220. The highest BCUT2D eigenvalue weighted by Gasteiger charge is 2.64. The second-order valence-electron chi connectivity index (χ2n) is 9.40. The van der Waals surface area contributed by atoms with Gasteiger partial charge in [0.25, 0.3) is 0 Å². The first-order chi connectivity index (χ1) is 14.4. The zero-order valence-corrected chi connectivity index (χ0v) is 17.8. The smallest absolute Gasteiger partial charge is 0.411 e. The lowest BCUT2D eigenvalue weighted by atomic mass is 9.50. The Balaban J connectivity index is 1.38. The zero-order chi connectivity index (χ0) is 20.9. The number of benzene rings is 2. The molecule has 2 aliphatic heterocycles. The summed E-state index contributed by atoms with van der Waals surface area (Å²) >= 11 is 0. The summed E-state index contributed by atoms with van der Waals surface area (Å²) in [5.41, 5.74) is 1.37. The van der Waals surface area contributed by atoms with Crippen molar-refractivity contribution >= 4 is 11.8 Å². The van der Waals surface area contributed by atoms with E-state index in [1.807, 2.05) is 48.5 Å². The zero-order valence-electron chi connectivity index (χ0n) is 17.8. The van der Waals surface area contributed by atoms with Crippen LogP contribution in [0, 0.1) is 23.2 Å². The van der Waals surface area contributed by atoms with Crippen molar-refractivity contribution in [3.05, 3.63) is 60.2 Å². The van der Waals surface area contributed by atoms with Gasteiger partial charge in [-0.3, -0.25) is 5.32 Å². The Morgan fingerprint density at radius 3 is 2.67 bits per heavy atom. The van der Waals surface area contributed by atoms with E-state index in [1.165, 1.54) is 0 Å². The fraction of sp³-hybridized carbons (Fsp3) is 0.480. The van der Waals surface area contributed by atoms with Crippen LogP contribution in [0.3, 0.4) is 0 Å². The molecular weight excluding hydrogens is 378 g/mol. The molecule has 0 unspecified atom stereocenters. The van der Waals surface area contributed by atoms with Crippen molar-refractivity contribution in [2.75, 3.05) is 18.5 Å². The highest BCUT2D eigenvalue weighted by molar-refractivity contribution is 5.84. The standard InChI is InChI=1S/C25H29NO4/c1-16-13-24(3)21-17(2)25(16,15-29-23(27)26-18-9-5-4-6-10-18)14-28-22(21)19-11-7-8-12-20(19)30-24/h4-12,16-17,21-22H,13-15H2,1-3H3,(H,26,27)/t16-,17+,21-,22-,24+,25+/m1/s1. The third-order valence-corrected chi connectivity index (χ3v) is 7.76. The lowest BCUT2D eigenvalue weighted by molar-refractivity contribution is -0.259. The van der Waals surface area contributed by atoms with Gasteiger partial charge in [-0.25, -0.2) is 4.79 Å². The summed E-state index contributed by atoms with van der Waals surface area (Å²) in [5, 5.41) is 2.82. The Morgan fingerprint density at radius 2 is 1.87 bits per heavy atom. The summed E-state index contributed by atoms with van der Waals surface area (Å²) < 4.78 is 18.8. The van der Waals surface area contributed by atoms with E-state index in [0.717, 1.165) is 23.4 Å². The van der Waals surface area contributed by atoms with E-state index in [2.05, 4.69) is 32.2 Å². The topological polar surface area (TPSA) is 56.8 Å². The Kier molecular flexibility index (Phi) is 4.55. The SMILES string of the molecule is C[C@@H]1C[C@]2(C)Oc3ccccc3[C@H]3OC[C@@]1(COC(=O)Nc1ccccc1)[C@@H](C)[C@H]32. The van der Waals surface area contributed by atoms with Crippen molar-refractivity contribution in [2.45, 2.75) is 38.9 Å². The van der Waals surface area contributed by atoms with Gasteiger partial charge in [-0.05, 0) is 43.4 Å². The molecule has 1 aliphatic carbocycles. The minimum atomic E-state index is -0.421. The molecule has 0 spiro atoms. The fourth-order valence-corrected chi connectivity index (χ4v) is 6.13. The molecule has 5 rings (SSSR count). The minimum Gasteiger partial charge on any atom is -0.487 e. The van der Waals surface area contributed by atoms with Crippen LogP contribution >= 0.6 is 0 Å². The van der Waals surface area contributed by atoms with Crippen LogP contribution in [0.15, 0.2) is 54.6 Å². The Hall–Kier alpha value is -2.53. The number of hydrogen-bond acceptors (Lipinski definition) is 4. The molecule has 2 heterocycles. The summed E-state index contributed by atoms with van der Waals surface area (Å²) in [7, 11) is 0. The molecule has 0 aromatic heterocycles. The third-order valence-electron chi connectivity index (χ3n) is 7.76. The van der Waals surface area contributed by atoms with E-state index in [-0.39, 0.29) is 23.0 Å². The lowest BCUT2D eigenvalue weighted by Crippen LogP contribution is -2.66. The molecule has 3 aliphatic rings. The molecule has 1 saturated heterocycles. The first kappa shape index (κ1) is 19.4. The fourth-order valence-electron chi connectivity index (χ4n) is 6.13. The quantitative estimate of drug-likeness (QED) is 0.736. The van der Waals surface area contributed by atoms with Gasteiger partial charge in [0, 0.05) is 22.6 Å². The molecule has 0 radical (unpaired) electrons. The number of carbonyl (C=O) groups excluding carboxylic acids is 1. The van der Waals surface area contributed by atoms with Crippen LogP contribution in [0.2, 0.25) is 0 Å². The maximum absolute atomic E-state index is 12.4. The molecule has 2 bridgehead atoms. The monoisotopic (exact) mass is 407 g/mol. The largest absolute Gasteiger partial charge is 0.487 e. The Labute approximate surface area is 177 Å². The van der Waals surface area contributed by atoms with Crippen molar-refractivity contribution in [2.24, 2.45) is 23.2 Å². The summed E-state index contributed by atoms with van der Waals surface area (Å²) in [4.78, 5) is 12.4. The molecule has 1 amide bonds. The molecule has 2 aromatic carbocycles. The summed E-state index contributed by atoms with van der Waals surface area (Å²) in [6, 6.07) is 17.6. The van der Waals surface area contributed by atoms with Crippen molar-refractivity contribution < 1.29 is 19.0 Å². The van der Waals surface area contributed by atoms with Gasteiger partial charge in [0.2, 0.25) is 0 Å². The van der Waals surface area contributed by atoms with Crippen molar-refractivity contribution in [3.63, 3.8) is 0 Å². The van der Waals surface area contributed by atoms with Crippen LogP contribution in [0.25, 0.3) is 0 Å². The van der Waals surface area contributed by atoms with Crippen LogP contribution < -0.4 is 10.1 Å². The maximum atomic E-state index is 12.4. The van der Waals surface area contributed by atoms with E-state index in [4.69, 9.17) is 14.2 Å². The van der Waals surface area contributed by atoms with Crippen molar-refractivity contribution in [3.8, 4) is 5.75 Å². The highest BCUT2D eigenvalue weighted by atomic mass is 16.6. The summed E-state index contributed by atoms with van der Waals surface area (Å²) in [5.74, 6) is 1.75. The Morgan fingerprint density at radius 1 is 1.13 bits per heavy atom. The van der Waals surface area contributed by atoms with Crippen LogP contribution in [0.5, 0.6) is 5.75 Å². The van der Waals surface area contributed by atoms with Crippen LogP contribution in [-0.2, 0) is 9.47 Å². The summed E-state index contributed by atoms with van der Waals surface area (Å²) in [6.07, 6.45) is 0.518. The molecule has 2 fully saturated rings. The number of carbonyl (C=O) groups is 1. The van der Waals surface area contributed by atoms with Crippen LogP contribution in [0.4, 0.5) is 10.5 Å². The third kappa shape index (κ3) is 2.90. The number of ether oxygens (including phenoxy) is 3. The van der Waals surface area contributed by atoms with Crippen molar-refractivity contribution in [1.82, 2.24) is 0 Å². The van der Waals surface area contributed by atoms with Gasteiger partial charge in [-0.2, -0.15) is 0 Å². The molecule has 5 nitrogen and oxygen atoms in total. The number of rotatable bonds is 3. The molecule has 1 saturated carbocycles. The van der Waals surface area contributed by atoms with E-state index < -0.39 is 6.09 Å². The predicted molar refractivity (Wildman–Crippen MR) is 114 cm³/mol. The van der Waals surface area contributed by atoms with Gasteiger partial charge < -0.3 is 14.2 Å². The number of hydrogen-bond donors (Lipinski definition) is 1. The normalized spacial score (nSPS) is 36.2. The lowest BCUT2D eigenvalue weighted by Gasteiger charge is -2.63. The van der Waals surface area contributed by atoms with Gasteiger partial charge in [0.15, 0.2) is 0 Å². The Bertz CT molecular complexity index is 947. The summed E-state index contributed by atoms with van der Waals surface area (Å²) in [6.45, 7) is 7.66. The molecule has 5 heteroatoms. The average Bonchev–Trinajstić information content (AvgIpc) is 2.73. The number of fused-ring (bicyclic) bond motifs is 3. The molecule has 2 aromatic rings. The number of nitrogens with one attached hydrogen (secondary N) is 1. The maximum Gasteiger partial charge on any atom is 0.411 e. The van der Waals surface area contributed by atoms with Gasteiger partial charge in [0.05, 0.1) is 12.7 Å². The van der Waals surface area contributed by atoms with E-state index >= 15 is 0 Å². The molecule has 6 atom stereocenters. The second kappa shape index (κ2) is 7.02. The van der Waals surface area contributed by atoms with Gasteiger partial charge in [0.1, 0.15) is 18.0 Å². The predicted octanol–water partition coefficient (Wildman–Crippen LogP) is 5.44. The van der Waals surface area contributed by atoms with Gasteiger partial charge in [-0.15, -0.1) is 0 Å². The number of amides is 1. The highest BCUT2D eigenvalue weighted by Crippen LogP contribution is 2.63. The second-order valence-corrected chi connectivity index (χ2v) is 9.40. The van der Waals surface area contributed by atoms with Gasteiger partial charge >= 0.3 is 6.09 Å². The number of anilines is 1. The first-order valence-electron chi connectivity index (χ1n) is 10.8. The van der Waals surface area contributed by atoms with Crippen molar-refractivity contribution in [1.29, 1.82) is 0 Å². The van der Waals surface area contributed by atoms with E-state index in [9.17, 15) is 4.79 Å². The molecule has 1 N–H and O–H groups in total. The van der Waals surface area contributed by atoms with Crippen LogP contribution in [0.1, 0.15) is 38.9 Å². The molecular formula is C25H29NO4. The average molecular weight is 408 g/mol. The van der Waals surface area contributed by atoms with Gasteiger partial charge in [-0.1, -0.05) is 50.2 Å². The molecule has 158 valence electrons.